The number of hydrogen-bond donors (Lipinski definition) is 0. The van der Waals surface area contributed by atoms with Gasteiger partial charge >= 0.3 is 6.09 Å². The molecule has 0 heterocycles. The quantitative estimate of drug-likeness (QED) is 0.793. The maximum absolute atomic E-state index is 11.6. The lowest BCUT2D eigenvalue weighted by Crippen LogP contribution is -2.09. The van der Waals surface area contributed by atoms with Gasteiger partial charge in [-0.3, -0.25) is 0 Å². The molecule has 23 heavy (non-hydrogen) atoms. The van der Waals surface area contributed by atoms with E-state index in [9.17, 15) is 4.79 Å². The second-order valence-electron chi connectivity index (χ2n) is 4.78. The van der Waals surface area contributed by atoms with E-state index in [1.165, 1.54) is 7.11 Å². The van der Waals surface area contributed by atoms with Crippen molar-refractivity contribution in [1.82, 2.24) is 0 Å². The summed E-state index contributed by atoms with van der Waals surface area (Å²) in [4.78, 5) is 15.6. The Bertz CT molecular complexity index is 675. The van der Waals surface area contributed by atoms with Crippen LogP contribution in [0.3, 0.4) is 0 Å². The van der Waals surface area contributed by atoms with Crippen molar-refractivity contribution in [1.29, 1.82) is 0 Å². The molecule has 0 bridgehead atoms. The molecule has 0 aliphatic heterocycles. The third kappa shape index (κ3) is 4.57. The molecular formula is C18H19NO4. The maximum atomic E-state index is 11.6. The van der Waals surface area contributed by atoms with Crippen molar-refractivity contribution in [2.75, 3.05) is 21.3 Å². The summed E-state index contributed by atoms with van der Waals surface area (Å²) in [5.74, 6) is 1.53. The first kappa shape index (κ1) is 16.5. The van der Waals surface area contributed by atoms with Crippen LogP contribution < -0.4 is 9.47 Å². The van der Waals surface area contributed by atoms with Crippen molar-refractivity contribution in [3.63, 3.8) is 0 Å². The smallest absolute Gasteiger partial charge is 0.433 e. The fourth-order valence-corrected chi connectivity index (χ4v) is 2.08. The number of carbonyl (C=O) groups is 1. The molecule has 0 atom stereocenters. The van der Waals surface area contributed by atoms with Gasteiger partial charge in [0, 0.05) is 6.42 Å². The molecule has 2 rings (SSSR count). The van der Waals surface area contributed by atoms with Crippen LogP contribution >= 0.6 is 0 Å². The molecule has 0 unspecified atom stereocenters. The molecule has 5 nitrogen and oxygen atoms in total. The van der Waals surface area contributed by atoms with E-state index < -0.39 is 6.09 Å². The molecule has 0 saturated heterocycles. The molecule has 120 valence electrons. The highest BCUT2D eigenvalue weighted by atomic mass is 16.5. The average molecular weight is 313 g/mol. The largest absolute Gasteiger partial charge is 0.497 e. The summed E-state index contributed by atoms with van der Waals surface area (Å²) in [5.41, 5.74) is 2.49. The Balaban J connectivity index is 2.29. The van der Waals surface area contributed by atoms with Crippen LogP contribution in [-0.4, -0.2) is 33.1 Å². The Morgan fingerprint density at radius 2 is 1.39 bits per heavy atom. The van der Waals surface area contributed by atoms with Crippen LogP contribution in [0.4, 0.5) is 4.79 Å². The molecule has 0 aromatic heterocycles. The Morgan fingerprint density at radius 3 is 1.87 bits per heavy atom. The van der Waals surface area contributed by atoms with Crippen LogP contribution in [-0.2, 0) is 11.2 Å². The van der Waals surface area contributed by atoms with Crippen molar-refractivity contribution in [2.45, 2.75) is 6.42 Å². The number of hydrogen-bond acceptors (Lipinski definition) is 4. The molecule has 1 amide bonds. The number of carbonyl (C=O) groups excluding carboxylic acids is 1. The normalized spacial score (nSPS) is 11.0. The van der Waals surface area contributed by atoms with Crippen LogP contribution in [0.5, 0.6) is 11.5 Å². The monoisotopic (exact) mass is 313 g/mol. The van der Waals surface area contributed by atoms with Crippen molar-refractivity contribution < 1.29 is 19.0 Å². The third-order valence-electron chi connectivity index (χ3n) is 3.35. The second-order valence-corrected chi connectivity index (χ2v) is 4.78. The van der Waals surface area contributed by atoms with Gasteiger partial charge in [0.05, 0.1) is 27.0 Å². The Kier molecular flexibility index (Phi) is 5.74. The van der Waals surface area contributed by atoms with Crippen molar-refractivity contribution >= 4 is 11.8 Å². The maximum Gasteiger partial charge on any atom is 0.433 e. The Labute approximate surface area is 135 Å². The van der Waals surface area contributed by atoms with Gasteiger partial charge in [-0.15, -0.1) is 0 Å². The molecule has 2 aromatic rings. The SMILES string of the molecule is COC(=O)N=C(Cc1ccc(OC)cc1)c1ccc(OC)cc1. The number of benzene rings is 2. The van der Waals surface area contributed by atoms with Gasteiger partial charge in [0.2, 0.25) is 0 Å². The van der Waals surface area contributed by atoms with Crippen molar-refractivity contribution in [3.8, 4) is 11.5 Å². The highest BCUT2D eigenvalue weighted by Crippen LogP contribution is 2.17. The predicted molar refractivity (Wildman–Crippen MR) is 88.6 cm³/mol. The molecular weight excluding hydrogens is 294 g/mol. The van der Waals surface area contributed by atoms with Gasteiger partial charge in [-0.25, -0.2) is 4.79 Å². The first-order valence-electron chi connectivity index (χ1n) is 7.09. The molecule has 2 aromatic carbocycles. The molecule has 0 spiro atoms. The van der Waals surface area contributed by atoms with E-state index in [-0.39, 0.29) is 0 Å². The molecule has 0 aliphatic rings. The topological polar surface area (TPSA) is 57.1 Å². The second kappa shape index (κ2) is 7.98. The summed E-state index contributed by atoms with van der Waals surface area (Å²) in [5, 5.41) is 0. The molecule has 0 N–H and O–H groups in total. The number of rotatable bonds is 5. The molecule has 0 fully saturated rings. The molecule has 0 aliphatic carbocycles. The lowest BCUT2D eigenvalue weighted by atomic mass is 10.0. The van der Waals surface area contributed by atoms with E-state index in [4.69, 9.17) is 9.47 Å². The predicted octanol–water partition coefficient (Wildman–Crippen LogP) is 3.50. The van der Waals surface area contributed by atoms with Crippen LogP contribution in [0.25, 0.3) is 0 Å². The van der Waals surface area contributed by atoms with Gasteiger partial charge in [0.1, 0.15) is 11.5 Å². The number of amides is 1. The Hall–Kier alpha value is -2.82. The summed E-state index contributed by atoms with van der Waals surface area (Å²) in [6, 6.07) is 15.0. The minimum absolute atomic E-state index is 0.505. The standard InChI is InChI=1S/C18H19NO4/c1-21-15-8-4-13(5-9-15)12-17(19-18(20)23-3)14-6-10-16(22-2)11-7-14/h4-11H,12H2,1-3H3. The Morgan fingerprint density at radius 1 is 0.870 bits per heavy atom. The van der Waals surface area contributed by atoms with E-state index in [0.29, 0.717) is 12.1 Å². The summed E-state index contributed by atoms with van der Waals surface area (Å²) >= 11 is 0. The number of methoxy groups -OCH3 is 3. The zero-order chi connectivity index (χ0) is 16.7. The molecule has 5 heteroatoms. The van der Waals surface area contributed by atoms with Gasteiger partial charge in [-0.05, 0) is 47.5 Å². The van der Waals surface area contributed by atoms with Gasteiger partial charge in [-0.1, -0.05) is 12.1 Å². The first-order valence-corrected chi connectivity index (χ1v) is 7.09. The number of nitrogens with zero attached hydrogens (tertiary/aromatic N) is 1. The summed E-state index contributed by atoms with van der Waals surface area (Å²) in [7, 11) is 4.54. The third-order valence-corrected chi connectivity index (χ3v) is 3.35. The molecule has 0 saturated carbocycles. The highest BCUT2D eigenvalue weighted by Gasteiger charge is 2.09. The summed E-state index contributed by atoms with van der Waals surface area (Å²) in [6.07, 6.45) is -0.116. The van der Waals surface area contributed by atoms with Gasteiger partial charge < -0.3 is 14.2 Å². The zero-order valence-electron chi connectivity index (χ0n) is 13.4. The van der Waals surface area contributed by atoms with Crippen molar-refractivity contribution in [2.24, 2.45) is 4.99 Å². The first-order chi connectivity index (χ1) is 11.2. The number of aliphatic imine (C=N–C) groups is 1. The van der Waals surface area contributed by atoms with E-state index in [1.54, 1.807) is 14.2 Å². The van der Waals surface area contributed by atoms with Gasteiger partial charge in [-0.2, -0.15) is 4.99 Å². The number of ether oxygens (including phenoxy) is 3. The minimum atomic E-state index is -0.621. The van der Waals surface area contributed by atoms with Crippen LogP contribution in [0.1, 0.15) is 11.1 Å². The van der Waals surface area contributed by atoms with E-state index in [0.717, 1.165) is 22.6 Å². The molecule has 0 radical (unpaired) electrons. The fourth-order valence-electron chi connectivity index (χ4n) is 2.08. The van der Waals surface area contributed by atoms with Crippen LogP contribution in [0, 0.1) is 0 Å². The highest BCUT2D eigenvalue weighted by molar-refractivity contribution is 6.06. The van der Waals surface area contributed by atoms with E-state index >= 15 is 0 Å². The van der Waals surface area contributed by atoms with Crippen LogP contribution in [0.2, 0.25) is 0 Å². The average Bonchev–Trinajstić information content (AvgIpc) is 2.61. The van der Waals surface area contributed by atoms with E-state index in [2.05, 4.69) is 9.73 Å². The summed E-state index contributed by atoms with van der Waals surface area (Å²) < 4.78 is 14.9. The fraction of sp³-hybridized carbons (Fsp3) is 0.222. The van der Waals surface area contributed by atoms with Crippen molar-refractivity contribution in [3.05, 3.63) is 59.7 Å². The lowest BCUT2D eigenvalue weighted by molar-refractivity contribution is 0.182. The van der Waals surface area contributed by atoms with Gasteiger partial charge in [0.15, 0.2) is 0 Å². The zero-order valence-corrected chi connectivity index (χ0v) is 13.4. The van der Waals surface area contributed by atoms with E-state index in [1.807, 2.05) is 48.5 Å². The van der Waals surface area contributed by atoms with Crippen LogP contribution in [0.15, 0.2) is 53.5 Å². The van der Waals surface area contributed by atoms with Gasteiger partial charge in [0.25, 0.3) is 0 Å². The summed E-state index contributed by atoms with van der Waals surface area (Å²) in [6.45, 7) is 0. The minimum Gasteiger partial charge on any atom is -0.497 e. The lowest BCUT2D eigenvalue weighted by Gasteiger charge is -2.08.